The van der Waals surface area contributed by atoms with Gasteiger partial charge in [0.05, 0.1) is 12.2 Å². The van der Waals surface area contributed by atoms with Crippen LogP contribution in [-0.2, 0) is 9.47 Å². The maximum Gasteiger partial charge on any atom is 0.143 e. The third-order valence-corrected chi connectivity index (χ3v) is 4.33. The van der Waals surface area contributed by atoms with Gasteiger partial charge in [-0.05, 0) is 12.8 Å². The second-order valence-electron chi connectivity index (χ2n) is 5.90. The first kappa shape index (κ1) is 13.7. The minimum absolute atomic E-state index is 0.101. The molecule has 2 aliphatic heterocycles. The van der Waals surface area contributed by atoms with Crippen molar-refractivity contribution >= 4 is 5.82 Å². The van der Waals surface area contributed by atoms with E-state index in [-0.39, 0.29) is 5.60 Å². The van der Waals surface area contributed by atoms with Gasteiger partial charge in [0, 0.05) is 44.1 Å². The number of hydrogen-bond donors (Lipinski definition) is 1. The molecule has 2 aromatic heterocycles. The van der Waals surface area contributed by atoms with Crippen molar-refractivity contribution in [2.24, 2.45) is 0 Å². The molecule has 1 N–H and O–H groups in total. The third kappa shape index (κ3) is 2.69. The average molecular weight is 301 g/mol. The van der Waals surface area contributed by atoms with Crippen molar-refractivity contribution in [3.8, 4) is 5.82 Å². The first-order valence-corrected chi connectivity index (χ1v) is 7.62. The largest absolute Gasteiger partial charge is 0.378 e. The van der Waals surface area contributed by atoms with Gasteiger partial charge >= 0.3 is 0 Å². The fourth-order valence-electron chi connectivity index (χ4n) is 3.19. The van der Waals surface area contributed by atoms with E-state index in [0.717, 1.165) is 44.1 Å². The molecular formula is C15H19N5O2. The van der Waals surface area contributed by atoms with Gasteiger partial charge in [-0.15, -0.1) is 0 Å². The number of ether oxygens (including phenoxy) is 2. The SMILES string of the molecule is c1cn(-c2cc(N[C@H]3CCO[C@]4(CCOC4)C3)ncn2)cn1. The molecule has 0 radical (unpaired) electrons. The van der Waals surface area contributed by atoms with Crippen LogP contribution in [0.2, 0.25) is 0 Å². The smallest absolute Gasteiger partial charge is 0.143 e. The number of nitrogens with zero attached hydrogens (tertiary/aromatic N) is 4. The molecule has 4 heterocycles. The van der Waals surface area contributed by atoms with Crippen LogP contribution < -0.4 is 5.32 Å². The Hall–Kier alpha value is -1.99. The van der Waals surface area contributed by atoms with Gasteiger partial charge in [0.25, 0.3) is 0 Å². The predicted octanol–water partition coefficient (Wildman–Crippen LogP) is 1.41. The van der Waals surface area contributed by atoms with E-state index >= 15 is 0 Å². The lowest BCUT2D eigenvalue weighted by atomic mass is 9.90. The molecule has 1 spiro atoms. The minimum atomic E-state index is -0.101. The molecule has 2 saturated heterocycles. The normalized spacial score (nSPS) is 28.1. The highest BCUT2D eigenvalue weighted by atomic mass is 16.6. The van der Waals surface area contributed by atoms with E-state index in [0.29, 0.717) is 12.6 Å². The van der Waals surface area contributed by atoms with E-state index in [2.05, 4.69) is 20.3 Å². The highest BCUT2D eigenvalue weighted by Crippen LogP contribution is 2.33. The number of rotatable bonds is 3. The van der Waals surface area contributed by atoms with E-state index in [1.807, 2.05) is 16.8 Å². The monoisotopic (exact) mass is 301 g/mol. The van der Waals surface area contributed by atoms with Crippen molar-refractivity contribution in [3.63, 3.8) is 0 Å². The summed E-state index contributed by atoms with van der Waals surface area (Å²) in [5.41, 5.74) is -0.101. The third-order valence-electron chi connectivity index (χ3n) is 4.33. The fourth-order valence-corrected chi connectivity index (χ4v) is 3.19. The van der Waals surface area contributed by atoms with Crippen molar-refractivity contribution in [1.29, 1.82) is 0 Å². The van der Waals surface area contributed by atoms with E-state index < -0.39 is 0 Å². The predicted molar refractivity (Wildman–Crippen MR) is 79.9 cm³/mol. The van der Waals surface area contributed by atoms with Crippen molar-refractivity contribution < 1.29 is 9.47 Å². The maximum absolute atomic E-state index is 5.97. The van der Waals surface area contributed by atoms with E-state index in [1.165, 1.54) is 0 Å². The number of anilines is 1. The molecule has 4 rings (SSSR count). The van der Waals surface area contributed by atoms with Crippen LogP contribution in [0.1, 0.15) is 19.3 Å². The summed E-state index contributed by atoms with van der Waals surface area (Å²) in [5, 5.41) is 3.51. The maximum atomic E-state index is 5.97. The molecule has 2 atom stereocenters. The van der Waals surface area contributed by atoms with Crippen LogP contribution in [0.25, 0.3) is 5.82 Å². The minimum Gasteiger partial charge on any atom is -0.378 e. The summed E-state index contributed by atoms with van der Waals surface area (Å²) >= 11 is 0. The van der Waals surface area contributed by atoms with Crippen molar-refractivity contribution in [2.45, 2.75) is 30.9 Å². The molecule has 22 heavy (non-hydrogen) atoms. The summed E-state index contributed by atoms with van der Waals surface area (Å²) in [6, 6.07) is 2.29. The second kappa shape index (κ2) is 5.66. The fraction of sp³-hybridized carbons (Fsp3) is 0.533. The Balaban J connectivity index is 1.48. The summed E-state index contributed by atoms with van der Waals surface area (Å²) in [6.45, 7) is 2.26. The van der Waals surface area contributed by atoms with Crippen LogP contribution in [0.3, 0.4) is 0 Å². The Morgan fingerprint density at radius 3 is 3.14 bits per heavy atom. The summed E-state index contributed by atoms with van der Waals surface area (Å²) in [7, 11) is 0. The molecule has 2 aromatic rings. The molecule has 7 heteroatoms. The van der Waals surface area contributed by atoms with Crippen molar-refractivity contribution in [1.82, 2.24) is 19.5 Å². The van der Waals surface area contributed by atoms with Crippen LogP contribution in [0.5, 0.6) is 0 Å². The van der Waals surface area contributed by atoms with Crippen LogP contribution in [0, 0.1) is 0 Å². The van der Waals surface area contributed by atoms with Crippen molar-refractivity contribution in [3.05, 3.63) is 31.1 Å². The lowest BCUT2D eigenvalue weighted by molar-refractivity contribution is -0.0829. The van der Waals surface area contributed by atoms with E-state index in [4.69, 9.17) is 9.47 Å². The van der Waals surface area contributed by atoms with Gasteiger partial charge in [-0.3, -0.25) is 4.57 Å². The summed E-state index contributed by atoms with van der Waals surface area (Å²) in [5.74, 6) is 1.64. The van der Waals surface area contributed by atoms with Gasteiger partial charge in [-0.1, -0.05) is 0 Å². The number of nitrogens with one attached hydrogen (secondary N) is 1. The number of hydrogen-bond acceptors (Lipinski definition) is 6. The molecule has 0 amide bonds. The molecule has 116 valence electrons. The Labute approximate surface area is 128 Å². The van der Waals surface area contributed by atoms with Crippen LogP contribution >= 0.6 is 0 Å². The van der Waals surface area contributed by atoms with Gasteiger partial charge in [0.1, 0.15) is 24.3 Å². The molecule has 0 bridgehead atoms. The van der Waals surface area contributed by atoms with Gasteiger partial charge in [-0.2, -0.15) is 0 Å². The van der Waals surface area contributed by atoms with Crippen molar-refractivity contribution in [2.75, 3.05) is 25.1 Å². The van der Waals surface area contributed by atoms with Gasteiger partial charge < -0.3 is 14.8 Å². The van der Waals surface area contributed by atoms with E-state index in [9.17, 15) is 0 Å². The lowest BCUT2D eigenvalue weighted by Gasteiger charge is -2.37. The molecule has 0 aromatic carbocycles. The lowest BCUT2D eigenvalue weighted by Crippen LogP contribution is -2.45. The van der Waals surface area contributed by atoms with Gasteiger partial charge in [-0.25, -0.2) is 15.0 Å². The quantitative estimate of drug-likeness (QED) is 0.924. The van der Waals surface area contributed by atoms with Crippen LogP contribution in [0.4, 0.5) is 5.82 Å². The van der Waals surface area contributed by atoms with Crippen LogP contribution in [0.15, 0.2) is 31.1 Å². The molecule has 0 aliphatic carbocycles. The summed E-state index contributed by atoms with van der Waals surface area (Å²) in [6.07, 6.45) is 9.82. The van der Waals surface area contributed by atoms with Gasteiger partial charge in [0.15, 0.2) is 0 Å². The zero-order valence-corrected chi connectivity index (χ0v) is 12.3. The van der Waals surface area contributed by atoms with E-state index in [1.54, 1.807) is 18.9 Å². The molecular weight excluding hydrogens is 282 g/mol. The molecule has 7 nitrogen and oxygen atoms in total. The Kier molecular flexibility index (Phi) is 3.51. The standard InChI is InChI=1S/C15H19N5O2/c1-5-22-15(2-6-21-9-15)8-12(1)19-13-7-14(18-10-17-13)20-4-3-16-11-20/h3-4,7,10-12H,1-2,5-6,8-9H2,(H,17,18,19)/t12-,15+/m0/s1. The zero-order chi connectivity index (χ0) is 14.8. The van der Waals surface area contributed by atoms with Crippen LogP contribution in [-0.4, -0.2) is 51.0 Å². The second-order valence-corrected chi connectivity index (χ2v) is 5.90. The number of imidazole rings is 1. The first-order valence-electron chi connectivity index (χ1n) is 7.62. The zero-order valence-electron chi connectivity index (χ0n) is 12.3. The number of aromatic nitrogens is 4. The average Bonchev–Trinajstić information content (AvgIpc) is 3.20. The Morgan fingerprint density at radius 2 is 2.32 bits per heavy atom. The Morgan fingerprint density at radius 1 is 1.32 bits per heavy atom. The molecule has 2 aliphatic rings. The highest BCUT2D eigenvalue weighted by Gasteiger charge is 2.41. The molecule has 2 fully saturated rings. The highest BCUT2D eigenvalue weighted by molar-refractivity contribution is 5.41. The summed E-state index contributed by atoms with van der Waals surface area (Å²) in [4.78, 5) is 12.6. The summed E-state index contributed by atoms with van der Waals surface area (Å²) < 4.78 is 13.3. The first-order chi connectivity index (χ1) is 10.8. The topological polar surface area (TPSA) is 74.1 Å². The van der Waals surface area contributed by atoms with Gasteiger partial charge in [0.2, 0.25) is 0 Å². The Bertz CT molecular complexity index is 625. The molecule has 0 saturated carbocycles. The molecule has 0 unspecified atom stereocenters.